The van der Waals surface area contributed by atoms with E-state index in [2.05, 4.69) is 12.5 Å². The summed E-state index contributed by atoms with van der Waals surface area (Å²) in [5, 5.41) is 0.427. The van der Waals surface area contributed by atoms with Gasteiger partial charge < -0.3 is 4.74 Å². The Morgan fingerprint density at radius 3 is 2.06 bits per heavy atom. The highest BCUT2D eigenvalue weighted by Gasteiger charge is 2.14. The van der Waals surface area contributed by atoms with E-state index in [-0.39, 0.29) is 5.97 Å². The lowest BCUT2D eigenvalue weighted by molar-refractivity contribution is 0.0526. The molecule has 0 N–H and O–H groups in total. The summed E-state index contributed by atoms with van der Waals surface area (Å²) in [6.07, 6.45) is 4.17. The van der Waals surface area contributed by atoms with Crippen molar-refractivity contribution < 1.29 is 9.53 Å². The molecular formula is C13H21BO2S2. The highest BCUT2D eigenvalue weighted by molar-refractivity contribution is 8.55. The Morgan fingerprint density at radius 2 is 1.67 bits per heavy atom. The maximum atomic E-state index is 11.4. The molecule has 0 spiro atoms. The van der Waals surface area contributed by atoms with Crippen LogP contribution in [0.15, 0.2) is 24.3 Å². The number of hydrogen-bond donors (Lipinski definition) is 0. The first kappa shape index (κ1) is 17.5. The minimum atomic E-state index is -0.251. The van der Waals surface area contributed by atoms with Crippen molar-refractivity contribution in [3.8, 4) is 0 Å². The molecule has 0 amide bonds. The van der Waals surface area contributed by atoms with E-state index in [9.17, 15) is 4.79 Å². The molecule has 0 radical (unpaired) electrons. The molecule has 0 saturated heterocycles. The smallest absolute Gasteiger partial charge is 0.338 e. The van der Waals surface area contributed by atoms with Crippen molar-refractivity contribution in [2.75, 3.05) is 19.1 Å². The second-order valence-electron chi connectivity index (χ2n) is 3.15. The quantitative estimate of drug-likeness (QED) is 0.612. The first-order valence-corrected chi connectivity index (χ1v) is 8.63. The van der Waals surface area contributed by atoms with E-state index >= 15 is 0 Å². The molecule has 0 heterocycles. The van der Waals surface area contributed by atoms with Crippen LogP contribution in [0.2, 0.25) is 0 Å². The van der Waals surface area contributed by atoms with E-state index in [4.69, 9.17) is 4.74 Å². The molecule has 0 fully saturated rings. The predicted molar refractivity (Wildman–Crippen MR) is 86.2 cm³/mol. The molecule has 2 nitrogen and oxygen atoms in total. The second-order valence-corrected chi connectivity index (χ2v) is 5.33. The summed E-state index contributed by atoms with van der Waals surface area (Å²) < 4.78 is 4.93. The SMILES string of the molecule is CC.CCOC(=O)c1ccc(B(SC)SC)cc1. The highest BCUT2D eigenvalue weighted by Crippen LogP contribution is 2.14. The van der Waals surface area contributed by atoms with Crippen molar-refractivity contribution in [3.63, 3.8) is 0 Å². The minimum Gasteiger partial charge on any atom is -0.462 e. The maximum Gasteiger partial charge on any atom is 0.338 e. The molecule has 0 bridgehead atoms. The molecule has 0 atom stereocenters. The minimum absolute atomic E-state index is 0.251. The summed E-state index contributed by atoms with van der Waals surface area (Å²) in [5.41, 5.74) is 1.85. The van der Waals surface area contributed by atoms with Crippen molar-refractivity contribution >= 4 is 39.9 Å². The summed E-state index contributed by atoms with van der Waals surface area (Å²) in [5.74, 6) is -0.251. The number of esters is 1. The molecule has 0 saturated carbocycles. The van der Waals surface area contributed by atoms with Crippen LogP contribution in [0, 0.1) is 0 Å². The lowest BCUT2D eigenvalue weighted by Crippen LogP contribution is -2.23. The van der Waals surface area contributed by atoms with Gasteiger partial charge in [0.1, 0.15) is 0 Å². The lowest BCUT2D eigenvalue weighted by atomic mass is 9.92. The zero-order valence-corrected chi connectivity index (χ0v) is 13.4. The number of benzene rings is 1. The van der Waals surface area contributed by atoms with Crippen LogP contribution in [0.3, 0.4) is 0 Å². The van der Waals surface area contributed by atoms with Gasteiger partial charge in [0.2, 0.25) is 0 Å². The molecule has 5 heteroatoms. The van der Waals surface area contributed by atoms with Gasteiger partial charge in [0, 0.05) is 0 Å². The largest absolute Gasteiger partial charge is 0.462 e. The van der Waals surface area contributed by atoms with Crippen molar-refractivity contribution in [1.82, 2.24) is 0 Å². The van der Waals surface area contributed by atoms with Gasteiger partial charge in [0.05, 0.1) is 12.2 Å². The first-order valence-electron chi connectivity index (χ1n) is 6.05. The third-order valence-corrected chi connectivity index (χ3v) is 4.68. The molecule has 0 aliphatic rings. The topological polar surface area (TPSA) is 26.3 Å². The van der Waals surface area contributed by atoms with Crippen molar-refractivity contribution in [3.05, 3.63) is 29.8 Å². The van der Waals surface area contributed by atoms with Crippen molar-refractivity contribution in [2.24, 2.45) is 0 Å². The highest BCUT2D eigenvalue weighted by atomic mass is 32.2. The van der Waals surface area contributed by atoms with Gasteiger partial charge in [-0.05, 0) is 31.6 Å². The molecule has 0 aliphatic carbocycles. The summed E-state index contributed by atoms with van der Waals surface area (Å²) in [6.45, 7) is 6.22. The molecule has 1 aromatic rings. The summed E-state index contributed by atoms with van der Waals surface area (Å²) >= 11 is 3.59. The Hall–Kier alpha value is -0.545. The zero-order chi connectivity index (χ0) is 14.0. The predicted octanol–water partition coefficient (Wildman–Crippen LogP) is 3.31. The maximum absolute atomic E-state index is 11.4. The Bertz CT molecular complexity index is 337. The fourth-order valence-electron chi connectivity index (χ4n) is 1.36. The van der Waals surface area contributed by atoms with Gasteiger partial charge in [-0.3, -0.25) is 0 Å². The summed E-state index contributed by atoms with van der Waals surface area (Å²) in [4.78, 5) is 11.4. The summed E-state index contributed by atoms with van der Waals surface area (Å²) in [6, 6.07) is 7.63. The van der Waals surface area contributed by atoms with Crippen LogP contribution in [0.25, 0.3) is 0 Å². The van der Waals surface area contributed by atoms with Crippen LogP contribution in [0.1, 0.15) is 31.1 Å². The van der Waals surface area contributed by atoms with Crippen LogP contribution in [0.4, 0.5) is 0 Å². The number of carbonyl (C=O) groups excluding carboxylic acids is 1. The monoisotopic (exact) mass is 284 g/mol. The number of rotatable bonds is 5. The number of ether oxygens (including phenoxy) is 1. The van der Waals surface area contributed by atoms with Gasteiger partial charge in [-0.15, -0.1) is 0 Å². The van der Waals surface area contributed by atoms with E-state index in [0.29, 0.717) is 17.4 Å². The van der Waals surface area contributed by atoms with Gasteiger partial charge in [0.15, 0.2) is 0 Å². The Morgan fingerprint density at radius 1 is 1.17 bits per heavy atom. The van der Waals surface area contributed by atoms with E-state index in [1.807, 2.05) is 45.0 Å². The van der Waals surface area contributed by atoms with Crippen molar-refractivity contribution in [1.29, 1.82) is 0 Å². The Labute approximate surface area is 119 Å². The average molecular weight is 284 g/mol. The first-order chi connectivity index (χ1) is 8.72. The molecule has 0 aromatic heterocycles. The molecule has 100 valence electrons. The fraction of sp³-hybridized carbons (Fsp3) is 0.462. The van der Waals surface area contributed by atoms with E-state index in [0.717, 1.165) is 0 Å². The molecule has 18 heavy (non-hydrogen) atoms. The molecule has 0 aliphatic heterocycles. The van der Waals surface area contributed by atoms with Gasteiger partial charge in [-0.25, -0.2) is 4.79 Å². The van der Waals surface area contributed by atoms with Crippen molar-refractivity contribution in [2.45, 2.75) is 20.8 Å². The van der Waals surface area contributed by atoms with E-state index in [1.54, 1.807) is 23.2 Å². The molecule has 1 rings (SSSR count). The number of carbonyl (C=O) groups is 1. The fourth-order valence-corrected chi connectivity index (χ4v) is 2.99. The average Bonchev–Trinajstić information content (AvgIpc) is 2.43. The van der Waals surface area contributed by atoms with Gasteiger partial charge in [-0.2, -0.15) is 23.2 Å². The number of hydrogen-bond acceptors (Lipinski definition) is 4. The van der Waals surface area contributed by atoms with Crippen LogP contribution in [-0.2, 0) is 4.74 Å². The third-order valence-electron chi connectivity index (χ3n) is 2.12. The Kier molecular flexibility index (Phi) is 10.1. The van der Waals surface area contributed by atoms with E-state index in [1.165, 1.54) is 5.46 Å². The van der Waals surface area contributed by atoms with Gasteiger partial charge in [0.25, 0.3) is 0 Å². The third kappa shape index (κ3) is 5.40. The van der Waals surface area contributed by atoms with Crippen LogP contribution >= 0.6 is 23.2 Å². The zero-order valence-electron chi connectivity index (χ0n) is 11.7. The van der Waals surface area contributed by atoms with Gasteiger partial charge in [-0.1, -0.05) is 31.4 Å². The normalized spacial score (nSPS) is 9.17. The molecule has 1 aromatic carbocycles. The Balaban J connectivity index is 0.00000137. The van der Waals surface area contributed by atoms with Crippen LogP contribution in [-0.4, -0.2) is 30.4 Å². The van der Waals surface area contributed by atoms with Gasteiger partial charge >= 0.3 is 11.2 Å². The second kappa shape index (κ2) is 10.4. The van der Waals surface area contributed by atoms with Crippen LogP contribution < -0.4 is 5.46 Å². The summed E-state index contributed by atoms with van der Waals surface area (Å²) in [7, 11) is 0. The molecule has 0 unspecified atom stereocenters. The lowest BCUT2D eigenvalue weighted by Gasteiger charge is -2.08. The molecular weight excluding hydrogens is 263 g/mol. The van der Waals surface area contributed by atoms with E-state index < -0.39 is 0 Å². The standard InChI is InChI=1S/C11H15BO2S2.C2H6/c1-4-14-11(13)9-5-7-10(8-6-9)12(15-2)16-3;1-2/h5-8H,4H2,1-3H3;1-2H3. The van der Waals surface area contributed by atoms with Crippen LogP contribution in [0.5, 0.6) is 0 Å².